The molecule has 0 radical (unpaired) electrons. The van der Waals surface area contributed by atoms with Crippen LogP contribution in [-0.4, -0.2) is 154 Å². The largest absolute Gasteiger partial charge is 0.460 e. The van der Waals surface area contributed by atoms with Crippen molar-refractivity contribution >= 4 is 86.2 Å². The highest BCUT2D eigenvalue weighted by atomic mass is 16.6. The van der Waals surface area contributed by atoms with Gasteiger partial charge in [0.25, 0.3) is 0 Å². The van der Waals surface area contributed by atoms with Crippen molar-refractivity contribution in [1.82, 2.24) is 45.2 Å². The average Bonchev–Trinajstić information content (AvgIpc) is 2.55. The second-order valence-electron chi connectivity index (χ2n) is 22.9. The van der Waals surface area contributed by atoms with Crippen LogP contribution in [0, 0.1) is 5.92 Å². The van der Waals surface area contributed by atoms with E-state index in [4.69, 9.17) is 30.4 Å². The Kier molecular flexibility index (Phi) is 18.8. The number of ether oxygens (including phenoxy) is 4. The van der Waals surface area contributed by atoms with E-state index in [1.165, 1.54) is 0 Å². The summed E-state index contributed by atoms with van der Waals surface area (Å²) in [5, 5.41) is 10.5. The molecule has 12 rings (SSSR count). The first-order chi connectivity index (χ1) is 40.3. The first-order valence-electron chi connectivity index (χ1n) is 28.1. The standard InChI is InChI=1S/C30H35N9O4.C16H17N5O.C14H21N3O2.CH4/c1-30(2,3)43-29(41)35-21-16-39(17-21)22-8-9-31-25(14-22)37-28(40)34-20-6-4-19(5-7-20)24-15-23-26(36-24)32-18-33-27(23)38-10-12-42-13-11-38;17-12-3-1-11(2-4-12)14-9-13-15(20-14)18-10-19-16(13)21-5-7-22-8-6-21;1-14(2,3)19-13(18)6-10-8-17(9-10)11-4-5-16-12(15)7-11;/h4-9,14-15,18,21H,10-13,16-17H2,1-3H3,(H,35,41)(H,32,33,36)(H2,31,34,37,40);1-4,9-10H,5-8,17H2,(H,18,19,20);4-5,7,10H,6,8-9H2,1-3H3,(H2,15,16);1H4. The number of esters is 1. The van der Waals surface area contributed by atoms with Crippen LogP contribution in [-0.2, 0) is 23.7 Å². The van der Waals surface area contributed by atoms with Crippen LogP contribution >= 0.6 is 0 Å². The van der Waals surface area contributed by atoms with Crippen LogP contribution < -0.4 is 47.0 Å². The molecule has 0 saturated carbocycles. The summed E-state index contributed by atoms with van der Waals surface area (Å²) in [5.74, 6) is 3.05. The number of H-pyrrole nitrogens is 2. The molecule has 9 N–H and O–H groups in total. The summed E-state index contributed by atoms with van der Waals surface area (Å²) in [6.45, 7) is 20.3. The number of nitrogens with zero attached hydrogens (tertiary/aromatic N) is 10. The predicted molar refractivity (Wildman–Crippen MR) is 333 cm³/mol. The van der Waals surface area contributed by atoms with Crippen molar-refractivity contribution < 1.29 is 33.3 Å². The van der Waals surface area contributed by atoms with Crippen LogP contribution in [0.25, 0.3) is 44.6 Å². The maximum absolute atomic E-state index is 12.7. The van der Waals surface area contributed by atoms with Gasteiger partial charge in [-0.1, -0.05) is 31.7 Å². The quantitative estimate of drug-likeness (QED) is 0.0470. The van der Waals surface area contributed by atoms with E-state index in [1.807, 2.05) is 108 Å². The Morgan fingerprint density at radius 3 is 1.64 bits per heavy atom. The minimum atomic E-state index is -0.539. The molecule has 2 aromatic carbocycles. The number of amides is 3. The number of nitrogens with two attached hydrogens (primary N) is 2. The topological polar surface area (TPSA) is 298 Å². The number of urea groups is 1. The van der Waals surface area contributed by atoms with Gasteiger partial charge >= 0.3 is 18.1 Å². The van der Waals surface area contributed by atoms with E-state index < -0.39 is 23.3 Å². The summed E-state index contributed by atoms with van der Waals surface area (Å²) in [7, 11) is 0. The third-order valence-corrected chi connectivity index (χ3v) is 14.0. The van der Waals surface area contributed by atoms with Crippen molar-refractivity contribution in [1.29, 1.82) is 0 Å². The summed E-state index contributed by atoms with van der Waals surface area (Å²) >= 11 is 0. The molecular weight excluding hydrogens is 1080 g/mol. The number of aromatic nitrogens is 8. The van der Waals surface area contributed by atoms with Gasteiger partial charge in [0.05, 0.1) is 49.7 Å². The molecule has 24 heteroatoms. The fourth-order valence-electron chi connectivity index (χ4n) is 9.99. The van der Waals surface area contributed by atoms with E-state index in [0.717, 1.165) is 126 Å². The molecule has 4 aliphatic heterocycles. The number of anilines is 8. The van der Waals surface area contributed by atoms with E-state index in [-0.39, 0.29) is 19.4 Å². The Labute approximate surface area is 494 Å². The number of aromatic amines is 2. The van der Waals surface area contributed by atoms with Crippen LogP contribution in [0.2, 0.25) is 0 Å². The second-order valence-corrected chi connectivity index (χ2v) is 22.9. The van der Waals surface area contributed by atoms with Crippen LogP contribution in [0.1, 0.15) is 55.4 Å². The molecule has 85 heavy (non-hydrogen) atoms. The van der Waals surface area contributed by atoms with Gasteiger partial charge in [-0.25, -0.2) is 39.5 Å². The number of morpholine rings is 2. The van der Waals surface area contributed by atoms with E-state index in [9.17, 15) is 14.4 Å². The lowest BCUT2D eigenvalue weighted by Crippen LogP contribution is -2.60. The van der Waals surface area contributed by atoms with Gasteiger partial charge in [-0.3, -0.25) is 10.1 Å². The molecule has 8 aromatic rings. The van der Waals surface area contributed by atoms with Gasteiger partial charge < -0.3 is 70.6 Å². The Morgan fingerprint density at radius 1 is 0.600 bits per heavy atom. The summed E-state index contributed by atoms with van der Waals surface area (Å²) in [6, 6.07) is 26.6. The fourth-order valence-corrected chi connectivity index (χ4v) is 9.99. The van der Waals surface area contributed by atoms with Crippen LogP contribution in [0.3, 0.4) is 0 Å². The maximum Gasteiger partial charge on any atom is 0.407 e. The first-order valence-corrected chi connectivity index (χ1v) is 28.1. The zero-order chi connectivity index (χ0) is 59.0. The molecule has 0 aliphatic carbocycles. The number of alkyl carbamates (subject to hydrolysis) is 1. The van der Waals surface area contributed by atoms with Crippen molar-refractivity contribution in [2.24, 2.45) is 5.92 Å². The number of pyridine rings is 2. The number of hydrogen-bond acceptors (Lipinski definition) is 19. The zero-order valence-electron chi connectivity index (χ0n) is 48.2. The van der Waals surface area contributed by atoms with Crippen molar-refractivity contribution in [3.8, 4) is 22.5 Å². The highest BCUT2D eigenvalue weighted by Crippen LogP contribution is 2.33. The van der Waals surface area contributed by atoms with Crippen molar-refractivity contribution in [3.05, 3.63) is 110 Å². The molecule has 10 heterocycles. The molecule has 4 fully saturated rings. The number of fused-ring (bicyclic) bond motifs is 2. The summed E-state index contributed by atoms with van der Waals surface area (Å²) in [6.07, 6.45) is 6.58. The molecule has 24 nitrogen and oxygen atoms in total. The smallest absolute Gasteiger partial charge is 0.407 e. The Morgan fingerprint density at radius 2 is 1.11 bits per heavy atom. The van der Waals surface area contributed by atoms with Crippen LogP contribution in [0.4, 0.5) is 55.6 Å². The summed E-state index contributed by atoms with van der Waals surface area (Å²) in [4.78, 5) is 77.9. The van der Waals surface area contributed by atoms with Gasteiger partial charge in [0.15, 0.2) is 0 Å². The average molecular weight is 1160 g/mol. The monoisotopic (exact) mass is 1160 g/mol. The third-order valence-electron chi connectivity index (χ3n) is 14.0. The summed E-state index contributed by atoms with van der Waals surface area (Å²) < 4.78 is 21.5. The molecule has 0 spiro atoms. The first kappa shape index (κ1) is 60.3. The van der Waals surface area contributed by atoms with Gasteiger partial charge in [0, 0.05) is 117 Å². The predicted octanol–water partition coefficient (Wildman–Crippen LogP) is 8.73. The van der Waals surface area contributed by atoms with E-state index in [2.05, 4.69) is 87.6 Å². The number of nitrogen functional groups attached to an aromatic ring is 2. The molecule has 6 aromatic heterocycles. The fraction of sp³-hybridized carbons (Fsp3) is 0.393. The van der Waals surface area contributed by atoms with Gasteiger partial charge in [0.1, 0.15) is 58.4 Å². The molecule has 0 unspecified atom stereocenters. The number of carbonyl (C=O) groups is 3. The molecule has 4 saturated heterocycles. The van der Waals surface area contributed by atoms with Gasteiger partial charge in [-0.2, -0.15) is 0 Å². The summed E-state index contributed by atoms with van der Waals surface area (Å²) in [5.41, 5.74) is 19.4. The lowest BCUT2D eigenvalue weighted by atomic mass is 9.95. The number of carbonyl (C=O) groups excluding carboxylic acids is 3. The van der Waals surface area contributed by atoms with Gasteiger partial charge in [-0.15, -0.1) is 0 Å². The van der Waals surface area contributed by atoms with Crippen molar-refractivity contribution in [3.63, 3.8) is 0 Å². The Bertz CT molecular complexity index is 3540. The molecule has 3 amide bonds. The molecule has 0 atom stereocenters. The van der Waals surface area contributed by atoms with Crippen molar-refractivity contribution in [2.75, 3.05) is 120 Å². The van der Waals surface area contributed by atoms with E-state index >= 15 is 0 Å². The minimum absolute atomic E-state index is 0. The molecule has 0 bridgehead atoms. The van der Waals surface area contributed by atoms with E-state index in [1.54, 1.807) is 31.1 Å². The number of hydrogen-bond donors (Lipinski definition) is 7. The Hall–Kier alpha value is -9.29. The lowest BCUT2D eigenvalue weighted by Gasteiger charge is -2.41. The zero-order valence-corrected chi connectivity index (χ0v) is 48.2. The molecule has 4 aliphatic rings. The van der Waals surface area contributed by atoms with Gasteiger partial charge in [-0.05, 0) is 101 Å². The molecular formula is C61H77N17O7. The molecule has 448 valence electrons. The normalized spacial score (nSPS) is 15.5. The number of benzene rings is 2. The number of nitrogens with one attached hydrogen (secondary N) is 5. The highest BCUT2D eigenvalue weighted by Gasteiger charge is 2.32. The maximum atomic E-state index is 12.7. The third kappa shape index (κ3) is 16.1. The van der Waals surface area contributed by atoms with E-state index in [0.29, 0.717) is 56.0 Å². The Balaban J connectivity index is 0.000000171. The SMILES string of the molecule is C.CC(C)(C)OC(=O)CC1CN(c2ccnc(N)c2)C1.CC(C)(C)OC(=O)NC1CN(c2ccnc(NC(=O)Nc3ccc(-c4cc5c(N6CCOCC6)ncnc5[nH]4)cc3)c2)C1.Nc1ccc(-c2cc3c(N4CCOCC4)ncnc3[nH]2)cc1. The second kappa shape index (κ2) is 26.5. The minimum Gasteiger partial charge on any atom is -0.460 e. The van der Waals surface area contributed by atoms with Crippen LogP contribution in [0.5, 0.6) is 0 Å². The number of rotatable bonds is 11. The van der Waals surface area contributed by atoms with Gasteiger partial charge in [0.2, 0.25) is 0 Å². The lowest BCUT2D eigenvalue weighted by molar-refractivity contribution is -0.156. The highest BCUT2D eigenvalue weighted by molar-refractivity contribution is 6.00. The van der Waals surface area contributed by atoms with Crippen LogP contribution in [0.15, 0.2) is 110 Å². The van der Waals surface area contributed by atoms with Crippen molar-refractivity contribution in [2.45, 2.75) is 72.6 Å².